The molecule has 2 heterocycles. The number of nitrogens with zero attached hydrogens (tertiary/aromatic N) is 1. The van der Waals surface area contributed by atoms with Crippen molar-refractivity contribution in [2.24, 2.45) is 0 Å². The van der Waals surface area contributed by atoms with Crippen LogP contribution in [0.4, 0.5) is 4.79 Å². The first-order valence-electron chi connectivity index (χ1n) is 8.51. The first kappa shape index (κ1) is 18.3. The van der Waals surface area contributed by atoms with Gasteiger partial charge in [0.1, 0.15) is 5.60 Å². The predicted molar refractivity (Wildman–Crippen MR) is 93.9 cm³/mol. The number of rotatable bonds is 5. The van der Waals surface area contributed by atoms with Gasteiger partial charge in [0.05, 0.1) is 6.10 Å². The molecule has 0 N–H and O–H groups in total. The highest BCUT2D eigenvalue weighted by atomic mass is 32.1. The van der Waals surface area contributed by atoms with E-state index in [4.69, 9.17) is 9.47 Å². The van der Waals surface area contributed by atoms with Crippen LogP contribution in [0.3, 0.4) is 0 Å². The molecular formula is C18H29NO3S. The van der Waals surface area contributed by atoms with Gasteiger partial charge in [0.25, 0.3) is 0 Å². The molecule has 5 heteroatoms. The summed E-state index contributed by atoms with van der Waals surface area (Å²) in [4.78, 5) is 15.5. The van der Waals surface area contributed by atoms with E-state index in [0.717, 1.165) is 25.8 Å². The minimum atomic E-state index is -0.441. The van der Waals surface area contributed by atoms with Crippen molar-refractivity contribution in [3.63, 3.8) is 0 Å². The van der Waals surface area contributed by atoms with E-state index in [-0.39, 0.29) is 18.2 Å². The fraction of sp³-hybridized carbons (Fsp3) is 0.722. The van der Waals surface area contributed by atoms with Crippen LogP contribution in [-0.2, 0) is 9.47 Å². The molecule has 1 saturated heterocycles. The van der Waals surface area contributed by atoms with E-state index in [1.165, 1.54) is 11.3 Å². The second kappa shape index (κ2) is 8.15. The lowest BCUT2D eigenvalue weighted by Crippen LogP contribution is -2.46. The zero-order valence-corrected chi connectivity index (χ0v) is 15.5. The van der Waals surface area contributed by atoms with Gasteiger partial charge in [-0.1, -0.05) is 6.07 Å². The summed E-state index contributed by atoms with van der Waals surface area (Å²) >= 11 is 1.72. The highest BCUT2D eigenvalue weighted by molar-refractivity contribution is 7.10. The second-order valence-corrected chi connectivity index (χ2v) is 8.12. The Bertz CT molecular complexity index is 481. The standard InChI is InChI=1S/C18H29NO3S/c1-14(16-9-7-13-23-16)21-12-10-15-8-5-6-11-19(15)17(20)22-18(2,3)4/h7,9,13-15H,5-6,8,10-12H2,1-4H3/t14-,15+/m0/s1. The summed E-state index contributed by atoms with van der Waals surface area (Å²) in [7, 11) is 0. The van der Waals surface area contributed by atoms with Gasteiger partial charge in [0.15, 0.2) is 0 Å². The van der Waals surface area contributed by atoms with Crippen molar-refractivity contribution in [1.29, 1.82) is 0 Å². The molecule has 4 nitrogen and oxygen atoms in total. The van der Waals surface area contributed by atoms with E-state index in [9.17, 15) is 4.79 Å². The van der Waals surface area contributed by atoms with Crippen LogP contribution in [0.15, 0.2) is 17.5 Å². The number of carbonyl (C=O) groups excluding carboxylic acids is 1. The highest BCUT2D eigenvalue weighted by Gasteiger charge is 2.30. The molecule has 1 aromatic heterocycles. The van der Waals surface area contributed by atoms with E-state index in [2.05, 4.69) is 18.4 Å². The summed E-state index contributed by atoms with van der Waals surface area (Å²) in [5.74, 6) is 0. The maximum Gasteiger partial charge on any atom is 0.410 e. The predicted octanol–water partition coefficient (Wildman–Crippen LogP) is 5.01. The van der Waals surface area contributed by atoms with Crippen LogP contribution in [0, 0.1) is 0 Å². The molecule has 23 heavy (non-hydrogen) atoms. The van der Waals surface area contributed by atoms with Gasteiger partial charge in [-0.05, 0) is 64.8 Å². The van der Waals surface area contributed by atoms with E-state index in [0.29, 0.717) is 6.61 Å². The van der Waals surface area contributed by atoms with E-state index >= 15 is 0 Å². The smallest absolute Gasteiger partial charge is 0.410 e. The molecule has 1 aliphatic rings. The Labute approximate surface area is 143 Å². The lowest BCUT2D eigenvalue weighted by atomic mass is 10.0. The van der Waals surface area contributed by atoms with Crippen LogP contribution in [0.1, 0.15) is 64.4 Å². The van der Waals surface area contributed by atoms with Gasteiger partial charge in [0.2, 0.25) is 0 Å². The van der Waals surface area contributed by atoms with E-state index < -0.39 is 5.60 Å². The quantitative estimate of drug-likeness (QED) is 0.757. The van der Waals surface area contributed by atoms with Crippen molar-refractivity contribution < 1.29 is 14.3 Å². The van der Waals surface area contributed by atoms with E-state index in [1.54, 1.807) is 11.3 Å². The van der Waals surface area contributed by atoms with Crippen LogP contribution in [0.5, 0.6) is 0 Å². The normalized spacial score (nSPS) is 20.3. The summed E-state index contributed by atoms with van der Waals surface area (Å²) < 4.78 is 11.5. The molecule has 0 saturated carbocycles. The van der Waals surface area contributed by atoms with Gasteiger partial charge in [-0.15, -0.1) is 11.3 Å². The molecule has 0 radical (unpaired) electrons. The number of amides is 1. The molecule has 2 rings (SSSR count). The van der Waals surface area contributed by atoms with Crippen molar-refractivity contribution in [2.45, 2.75) is 71.1 Å². The fourth-order valence-electron chi connectivity index (χ4n) is 2.85. The Morgan fingerprint density at radius 3 is 2.87 bits per heavy atom. The van der Waals surface area contributed by atoms with Crippen molar-refractivity contribution >= 4 is 17.4 Å². The average Bonchev–Trinajstić information content (AvgIpc) is 3.00. The number of piperidine rings is 1. The molecule has 1 aliphatic heterocycles. The number of ether oxygens (including phenoxy) is 2. The summed E-state index contributed by atoms with van der Waals surface area (Å²) in [6, 6.07) is 4.38. The topological polar surface area (TPSA) is 38.8 Å². The molecule has 130 valence electrons. The summed E-state index contributed by atoms with van der Waals surface area (Å²) in [5, 5.41) is 2.07. The molecule has 2 atom stereocenters. The van der Waals surface area contributed by atoms with Crippen LogP contribution >= 0.6 is 11.3 Å². The Morgan fingerprint density at radius 1 is 1.43 bits per heavy atom. The first-order valence-corrected chi connectivity index (χ1v) is 9.39. The first-order chi connectivity index (χ1) is 10.9. The van der Waals surface area contributed by atoms with Gasteiger partial charge in [-0.2, -0.15) is 0 Å². The molecule has 0 spiro atoms. The van der Waals surface area contributed by atoms with Crippen LogP contribution in [0.25, 0.3) is 0 Å². The van der Waals surface area contributed by atoms with E-state index in [1.807, 2.05) is 31.7 Å². The van der Waals surface area contributed by atoms with Crippen LogP contribution < -0.4 is 0 Å². The Morgan fingerprint density at radius 2 is 2.22 bits per heavy atom. The third-order valence-electron chi connectivity index (χ3n) is 4.02. The zero-order chi connectivity index (χ0) is 16.9. The number of carbonyl (C=O) groups is 1. The summed E-state index contributed by atoms with van der Waals surface area (Å²) in [5.41, 5.74) is -0.441. The number of thiophene rings is 1. The molecule has 0 aromatic carbocycles. The minimum Gasteiger partial charge on any atom is -0.444 e. The molecule has 0 unspecified atom stereocenters. The van der Waals surface area contributed by atoms with Crippen molar-refractivity contribution in [3.05, 3.63) is 22.4 Å². The lowest BCUT2D eigenvalue weighted by molar-refractivity contribution is 0.0000427. The van der Waals surface area contributed by atoms with Gasteiger partial charge >= 0.3 is 6.09 Å². The molecule has 1 aromatic rings. The highest BCUT2D eigenvalue weighted by Crippen LogP contribution is 2.25. The molecule has 1 amide bonds. The SMILES string of the molecule is C[C@H](OCC[C@H]1CCCCN1C(=O)OC(C)(C)C)c1cccs1. The monoisotopic (exact) mass is 339 g/mol. The van der Waals surface area contributed by atoms with Crippen LogP contribution in [-0.4, -0.2) is 35.8 Å². The Balaban J connectivity index is 1.82. The van der Waals surface area contributed by atoms with Gasteiger partial charge in [-0.25, -0.2) is 4.79 Å². The minimum absolute atomic E-state index is 0.119. The molecular weight excluding hydrogens is 310 g/mol. The largest absolute Gasteiger partial charge is 0.444 e. The zero-order valence-electron chi connectivity index (χ0n) is 14.7. The molecule has 0 aliphatic carbocycles. The van der Waals surface area contributed by atoms with Gasteiger partial charge < -0.3 is 14.4 Å². The third kappa shape index (κ3) is 5.81. The third-order valence-corrected chi connectivity index (χ3v) is 5.05. The maximum absolute atomic E-state index is 12.4. The molecule has 0 bridgehead atoms. The van der Waals surface area contributed by atoms with Crippen molar-refractivity contribution in [2.75, 3.05) is 13.2 Å². The Hall–Kier alpha value is -1.07. The second-order valence-electron chi connectivity index (χ2n) is 7.14. The van der Waals surface area contributed by atoms with Gasteiger partial charge in [-0.3, -0.25) is 0 Å². The van der Waals surface area contributed by atoms with Crippen LogP contribution in [0.2, 0.25) is 0 Å². The summed E-state index contributed by atoms with van der Waals surface area (Å²) in [6.07, 6.45) is 4.07. The van der Waals surface area contributed by atoms with Crippen molar-refractivity contribution in [3.8, 4) is 0 Å². The maximum atomic E-state index is 12.4. The molecule has 1 fully saturated rings. The van der Waals surface area contributed by atoms with Crippen molar-refractivity contribution in [1.82, 2.24) is 4.90 Å². The fourth-order valence-corrected chi connectivity index (χ4v) is 3.58. The number of hydrogen-bond donors (Lipinski definition) is 0. The number of hydrogen-bond acceptors (Lipinski definition) is 4. The number of likely N-dealkylation sites (tertiary alicyclic amines) is 1. The average molecular weight is 340 g/mol. The van der Waals surface area contributed by atoms with Gasteiger partial charge in [0, 0.05) is 24.1 Å². The Kier molecular flexibility index (Phi) is 6.48. The summed E-state index contributed by atoms with van der Waals surface area (Å²) in [6.45, 7) is 9.28. The lowest BCUT2D eigenvalue weighted by Gasteiger charge is -2.37.